The Bertz CT molecular complexity index is 1080. The molecule has 2 aromatic carbocycles. The van der Waals surface area contributed by atoms with Gasteiger partial charge in [0.15, 0.2) is 0 Å². The number of benzene rings is 2. The number of amides is 1. The number of hydrogen-bond donors (Lipinski definition) is 1. The van der Waals surface area contributed by atoms with E-state index in [1.165, 1.54) is 44.4 Å². The van der Waals surface area contributed by atoms with Gasteiger partial charge in [0.2, 0.25) is 10.0 Å². The first-order valence-electron chi connectivity index (χ1n) is 9.97. The molecule has 1 aliphatic heterocycles. The highest BCUT2D eigenvalue weighted by molar-refractivity contribution is 7.89. The predicted octanol–water partition coefficient (Wildman–Crippen LogP) is 3.33. The maximum absolute atomic E-state index is 12.6. The SMILES string of the molecule is CC1CCN(c2ccc(C(=O)Nc3ccc(S(=O)(=O)N(C)C)cc3)cc2[N+](=O)[O-])CC1. The molecule has 1 heterocycles. The second-order valence-electron chi connectivity index (χ2n) is 7.90. The molecular weight excluding hydrogens is 420 g/mol. The van der Waals surface area contributed by atoms with Gasteiger partial charge in [0.1, 0.15) is 5.69 Å². The lowest BCUT2D eigenvalue weighted by Gasteiger charge is -2.31. The zero-order valence-electron chi connectivity index (χ0n) is 17.7. The molecule has 0 unspecified atom stereocenters. The fourth-order valence-electron chi connectivity index (χ4n) is 3.45. The van der Waals surface area contributed by atoms with Crippen molar-refractivity contribution in [3.63, 3.8) is 0 Å². The van der Waals surface area contributed by atoms with Crippen molar-refractivity contribution in [2.45, 2.75) is 24.7 Å². The van der Waals surface area contributed by atoms with E-state index in [-0.39, 0.29) is 16.1 Å². The van der Waals surface area contributed by atoms with Gasteiger partial charge >= 0.3 is 0 Å². The second-order valence-corrected chi connectivity index (χ2v) is 10.0. The van der Waals surface area contributed by atoms with Crippen molar-refractivity contribution in [1.29, 1.82) is 0 Å². The average Bonchev–Trinajstić information content (AvgIpc) is 2.74. The number of carbonyl (C=O) groups is 1. The van der Waals surface area contributed by atoms with Crippen LogP contribution in [0, 0.1) is 16.0 Å². The van der Waals surface area contributed by atoms with E-state index in [9.17, 15) is 23.3 Å². The van der Waals surface area contributed by atoms with Gasteiger partial charge in [-0.15, -0.1) is 0 Å². The van der Waals surface area contributed by atoms with Gasteiger partial charge in [0, 0.05) is 44.5 Å². The molecule has 0 saturated carbocycles. The topological polar surface area (TPSA) is 113 Å². The zero-order chi connectivity index (χ0) is 22.8. The molecule has 0 radical (unpaired) electrons. The second kappa shape index (κ2) is 9.03. The van der Waals surface area contributed by atoms with Gasteiger partial charge < -0.3 is 10.2 Å². The highest BCUT2D eigenvalue weighted by atomic mass is 32.2. The Kier molecular flexibility index (Phi) is 6.61. The normalized spacial score (nSPS) is 15.2. The van der Waals surface area contributed by atoms with Gasteiger partial charge in [0.25, 0.3) is 11.6 Å². The van der Waals surface area contributed by atoms with Crippen LogP contribution in [0.2, 0.25) is 0 Å². The molecule has 166 valence electrons. The quantitative estimate of drug-likeness (QED) is 0.538. The Morgan fingerprint density at radius 1 is 1.13 bits per heavy atom. The van der Waals surface area contributed by atoms with Crippen LogP contribution in [0.5, 0.6) is 0 Å². The Morgan fingerprint density at radius 3 is 2.29 bits per heavy atom. The number of hydrogen-bond acceptors (Lipinski definition) is 6. The number of nitrogens with zero attached hydrogens (tertiary/aromatic N) is 3. The summed E-state index contributed by atoms with van der Waals surface area (Å²) in [5, 5.41) is 14.3. The molecule has 1 amide bonds. The number of anilines is 2. The summed E-state index contributed by atoms with van der Waals surface area (Å²) in [5.41, 5.74) is 0.964. The fraction of sp³-hybridized carbons (Fsp3) is 0.381. The van der Waals surface area contributed by atoms with Gasteiger partial charge in [-0.1, -0.05) is 6.92 Å². The van der Waals surface area contributed by atoms with E-state index < -0.39 is 20.9 Å². The lowest BCUT2D eigenvalue weighted by atomic mass is 9.98. The van der Waals surface area contributed by atoms with Crippen LogP contribution >= 0.6 is 0 Å². The van der Waals surface area contributed by atoms with Gasteiger partial charge in [-0.3, -0.25) is 14.9 Å². The molecule has 0 aliphatic carbocycles. The third kappa shape index (κ3) is 5.02. The molecule has 2 aromatic rings. The summed E-state index contributed by atoms with van der Waals surface area (Å²) in [6, 6.07) is 10.2. The van der Waals surface area contributed by atoms with Crippen molar-refractivity contribution < 1.29 is 18.1 Å². The lowest BCUT2D eigenvalue weighted by molar-refractivity contribution is -0.384. The van der Waals surface area contributed by atoms with Crippen molar-refractivity contribution in [3.05, 3.63) is 58.1 Å². The van der Waals surface area contributed by atoms with Crippen LogP contribution in [0.25, 0.3) is 0 Å². The zero-order valence-corrected chi connectivity index (χ0v) is 18.6. The number of nitrogens with one attached hydrogen (secondary N) is 1. The fourth-order valence-corrected chi connectivity index (χ4v) is 4.35. The van der Waals surface area contributed by atoms with E-state index in [0.717, 1.165) is 30.2 Å². The number of nitro benzene ring substituents is 1. The number of carbonyl (C=O) groups excluding carboxylic acids is 1. The Balaban J connectivity index is 1.79. The molecule has 31 heavy (non-hydrogen) atoms. The molecule has 10 heteroatoms. The monoisotopic (exact) mass is 446 g/mol. The maximum atomic E-state index is 12.6. The molecule has 9 nitrogen and oxygen atoms in total. The largest absolute Gasteiger partial charge is 0.366 e. The number of sulfonamides is 1. The van der Waals surface area contributed by atoms with Crippen molar-refractivity contribution in [2.24, 2.45) is 5.92 Å². The van der Waals surface area contributed by atoms with Gasteiger partial charge in [0.05, 0.1) is 9.82 Å². The average molecular weight is 447 g/mol. The third-order valence-electron chi connectivity index (χ3n) is 5.45. The standard InChI is InChI=1S/C21H26N4O5S/c1-15-10-12-24(13-11-15)19-9-4-16(14-20(19)25(27)28)21(26)22-17-5-7-18(8-6-17)31(29,30)23(2)3/h4-9,14-15H,10-13H2,1-3H3,(H,22,26). The first kappa shape index (κ1) is 22.7. The van der Waals surface area contributed by atoms with Gasteiger partial charge in [-0.25, -0.2) is 12.7 Å². The van der Waals surface area contributed by atoms with Gasteiger partial charge in [-0.05, 0) is 55.2 Å². The Morgan fingerprint density at radius 2 is 1.74 bits per heavy atom. The minimum Gasteiger partial charge on any atom is -0.366 e. The molecule has 1 saturated heterocycles. The summed E-state index contributed by atoms with van der Waals surface area (Å²) in [6.07, 6.45) is 1.94. The summed E-state index contributed by atoms with van der Waals surface area (Å²) in [4.78, 5) is 25.9. The predicted molar refractivity (Wildman–Crippen MR) is 119 cm³/mol. The smallest absolute Gasteiger partial charge is 0.293 e. The van der Waals surface area contributed by atoms with Crippen LogP contribution in [0.1, 0.15) is 30.1 Å². The molecule has 1 fully saturated rings. The minimum absolute atomic E-state index is 0.102. The van der Waals surface area contributed by atoms with E-state index in [4.69, 9.17) is 0 Å². The highest BCUT2D eigenvalue weighted by Gasteiger charge is 2.25. The summed E-state index contributed by atoms with van der Waals surface area (Å²) < 4.78 is 25.4. The van der Waals surface area contributed by atoms with Crippen LogP contribution in [-0.2, 0) is 10.0 Å². The van der Waals surface area contributed by atoms with Crippen molar-refractivity contribution in [2.75, 3.05) is 37.4 Å². The Labute approximate surface area is 181 Å². The van der Waals surface area contributed by atoms with Gasteiger partial charge in [-0.2, -0.15) is 0 Å². The van der Waals surface area contributed by atoms with Crippen LogP contribution < -0.4 is 10.2 Å². The summed E-state index contributed by atoms with van der Waals surface area (Å²) in [5.74, 6) is 0.0876. The molecule has 1 aliphatic rings. The van der Waals surface area contributed by atoms with E-state index in [0.29, 0.717) is 17.3 Å². The highest BCUT2D eigenvalue weighted by Crippen LogP contribution is 2.32. The molecular formula is C21H26N4O5S. The number of rotatable bonds is 6. The lowest BCUT2D eigenvalue weighted by Crippen LogP contribution is -2.33. The Hall–Kier alpha value is -2.98. The first-order chi connectivity index (χ1) is 14.6. The molecule has 0 bridgehead atoms. The summed E-state index contributed by atoms with van der Waals surface area (Å²) >= 11 is 0. The summed E-state index contributed by atoms with van der Waals surface area (Å²) in [6.45, 7) is 3.66. The molecule has 0 atom stereocenters. The number of nitro groups is 1. The first-order valence-corrected chi connectivity index (χ1v) is 11.4. The van der Waals surface area contributed by atoms with Crippen LogP contribution in [0.4, 0.5) is 17.1 Å². The van der Waals surface area contributed by atoms with Crippen LogP contribution in [0.3, 0.4) is 0 Å². The molecule has 0 spiro atoms. The van der Waals surface area contributed by atoms with Crippen molar-refractivity contribution in [3.8, 4) is 0 Å². The van der Waals surface area contributed by atoms with Crippen molar-refractivity contribution in [1.82, 2.24) is 4.31 Å². The summed E-state index contributed by atoms with van der Waals surface area (Å²) in [7, 11) is -0.694. The van der Waals surface area contributed by atoms with E-state index in [1.54, 1.807) is 12.1 Å². The van der Waals surface area contributed by atoms with Crippen LogP contribution in [0.15, 0.2) is 47.4 Å². The van der Waals surface area contributed by atoms with Crippen molar-refractivity contribution >= 4 is 33.0 Å². The van der Waals surface area contributed by atoms with Crippen LogP contribution in [-0.4, -0.2) is 50.7 Å². The minimum atomic E-state index is -3.57. The molecule has 3 rings (SSSR count). The van der Waals surface area contributed by atoms with E-state index >= 15 is 0 Å². The molecule has 0 aromatic heterocycles. The molecule has 1 N–H and O–H groups in total. The number of piperidine rings is 1. The van der Waals surface area contributed by atoms with E-state index in [2.05, 4.69) is 12.2 Å². The third-order valence-corrected chi connectivity index (χ3v) is 7.28. The maximum Gasteiger partial charge on any atom is 0.293 e. The van der Waals surface area contributed by atoms with E-state index in [1.807, 2.05) is 4.90 Å².